The maximum atomic E-state index is 12.1. The molecule has 2 aromatic heterocycles. The Bertz CT molecular complexity index is 939. The number of carbonyl (C=O) groups excluding carboxylic acids is 1. The fraction of sp³-hybridized carbons (Fsp3) is 0.235. The average molecular weight is 464 g/mol. The second kappa shape index (κ2) is 7.77. The van der Waals surface area contributed by atoms with E-state index >= 15 is 0 Å². The summed E-state index contributed by atoms with van der Waals surface area (Å²) in [4.78, 5) is 20.4. The maximum Gasteiger partial charge on any atom is 0.338 e. The highest BCUT2D eigenvalue weighted by molar-refractivity contribution is 14.1. The van der Waals surface area contributed by atoms with Crippen LogP contribution in [0, 0.1) is 17.5 Å². The van der Waals surface area contributed by atoms with E-state index < -0.39 is 5.97 Å². The first-order chi connectivity index (χ1) is 12.4. The maximum absolute atomic E-state index is 12.1. The van der Waals surface area contributed by atoms with Gasteiger partial charge in [0.25, 0.3) is 0 Å². The number of anilines is 1. The number of nitrogens with two attached hydrogens (primary N) is 1. The number of ether oxygens (including phenoxy) is 1. The SMILES string of the molecule is Cc1ccc(C(=O)OCc2nnn(Cc3cnc(C)nc3N)c2I)cc1. The van der Waals surface area contributed by atoms with Crippen molar-refractivity contribution in [3.05, 3.63) is 62.4 Å². The van der Waals surface area contributed by atoms with Crippen molar-refractivity contribution in [2.24, 2.45) is 0 Å². The predicted octanol–water partition coefficient (Wildman–Crippen LogP) is 2.28. The van der Waals surface area contributed by atoms with E-state index in [4.69, 9.17) is 10.5 Å². The summed E-state index contributed by atoms with van der Waals surface area (Å²) in [7, 11) is 0. The number of hydrogen-bond donors (Lipinski definition) is 1. The van der Waals surface area contributed by atoms with Crippen LogP contribution in [0.2, 0.25) is 0 Å². The van der Waals surface area contributed by atoms with Crippen molar-refractivity contribution in [1.82, 2.24) is 25.0 Å². The van der Waals surface area contributed by atoms with E-state index in [0.29, 0.717) is 29.4 Å². The lowest BCUT2D eigenvalue weighted by Crippen LogP contribution is -2.10. The molecular weight excluding hydrogens is 447 g/mol. The van der Waals surface area contributed by atoms with Crippen molar-refractivity contribution in [2.45, 2.75) is 27.0 Å². The van der Waals surface area contributed by atoms with E-state index in [2.05, 4.69) is 42.9 Å². The zero-order valence-electron chi connectivity index (χ0n) is 14.3. The number of nitrogen functional groups attached to an aromatic ring is 1. The number of benzene rings is 1. The van der Waals surface area contributed by atoms with Gasteiger partial charge in [-0.15, -0.1) is 5.10 Å². The summed E-state index contributed by atoms with van der Waals surface area (Å²) < 4.78 is 7.76. The number of carbonyl (C=O) groups is 1. The molecule has 3 rings (SSSR count). The molecule has 1 aromatic carbocycles. The molecule has 0 spiro atoms. The quantitative estimate of drug-likeness (QED) is 0.456. The molecule has 0 unspecified atom stereocenters. The standard InChI is InChI=1S/C17H17IN6O2/c1-10-3-5-12(6-4-10)17(25)26-9-14-15(18)24(23-22-14)8-13-7-20-11(2)21-16(13)19/h3-7H,8-9H2,1-2H3,(H2,19,20,21). The molecule has 0 radical (unpaired) electrons. The third-order valence-electron chi connectivity index (χ3n) is 3.70. The Balaban J connectivity index is 1.67. The van der Waals surface area contributed by atoms with E-state index in [-0.39, 0.29) is 6.61 Å². The minimum absolute atomic E-state index is 0.0465. The van der Waals surface area contributed by atoms with Crippen LogP contribution in [0.1, 0.15) is 33.0 Å². The Morgan fingerprint density at radius 1 is 1.27 bits per heavy atom. The molecule has 2 heterocycles. The van der Waals surface area contributed by atoms with Gasteiger partial charge >= 0.3 is 5.97 Å². The first-order valence-corrected chi connectivity index (χ1v) is 8.91. The monoisotopic (exact) mass is 464 g/mol. The van der Waals surface area contributed by atoms with Gasteiger partial charge in [0.15, 0.2) is 0 Å². The molecule has 0 bridgehead atoms. The van der Waals surface area contributed by atoms with Gasteiger partial charge in [0, 0.05) is 11.8 Å². The van der Waals surface area contributed by atoms with Crippen LogP contribution in [0.3, 0.4) is 0 Å². The van der Waals surface area contributed by atoms with Crippen LogP contribution in [-0.4, -0.2) is 30.9 Å². The molecule has 3 aromatic rings. The van der Waals surface area contributed by atoms with Crippen molar-refractivity contribution in [2.75, 3.05) is 5.73 Å². The fourth-order valence-electron chi connectivity index (χ4n) is 2.23. The van der Waals surface area contributed by atoms with E-state index in [1.54, 1.807) is 29.9 Å². The number of esters is 1. The summed E-state index contributed by atoms with van der Waals surface area (Å²) in [6, 6.07) is 7.20. The molecule has 0 atom stereocenters. The zero-order valence-corrected chi connectivity index (χ0v) is 16.5. The normalized spacial score (nSPS) is 10.7. The fourth-order valence-corrected chi connectivity index (χ4v) is 2.76. The van der Waals surface area contributed by atoms with E-state index in [1.807, 2.05) is 19.1 Å². The van der Waals surface area contributed by atoms with Gasteiger partial charge in [-0.3, -0.25) is 0 Å². The largest absolute Gasteiger partial charge is 0.455 e. The van der Waals surface area contributed by atoms with E-state index in [0.717, 1.165) is 14.8 Å². The van der Waals surface area contributed by atoms with Crippen LogP contribution in [0.4, 0.5) is 5.82 Å². The highest BCUT2D eigenvalue weighted by Gasteiger charge is 2.15. The van der Waals surface area contributed by atoms with Crippen LogP contribution in [0.25, 0.3) is 0 Å². The number of rotatable bonds is 5. The van der Waals surface area contributed by atoms with Gasteiger partial charge in [-0.05, 0) is 48.6 Å². The summed E-state index contributed by atoms with van der Waals surface area (Å²) in [5.74, 6) is 0.630. The number of nitrogens with zero attached hydrogens (tertiary/aromatic N) is 5. The van der Waals surface area contributed by atoms with Crippen LogP contribution in [-0.2, 0) is 17.9 Å². The van der Waals surface area contributed by atoms with Crippen molar-refractivity contribution in [3.63, 3.8) is 0 Å². The highest BCUT2D eigenvalue weighted by Crippen LogP contribution is 2.15. The third kappa shape index (κ3) is 4.15. The molecule has 0 aliphatic carbocycles. The van der Waals surface area contributed by atoms with Crippen LogP contribution < -0.4 is 5.73 Å². The summed E-state index contributed by atoms with van der Waals surface area (Å²) >= 11 is 2.11. The molecular formula is C17H17IN6O2. The highest BCUT2D eigenvalue weighted by atomic mass is 127. The van der Waals surface area contributed by atoms with Gasteiger partial charge in [-0.2, -0.15) is 0 Å². The first-order valence-electron chi connectivity index (χ1n) is 7.83. The summed E-state index contributed by atoms with van der Waals surface area (Å²) in [6.45, 7) is 4.18. The topological polar surface area (TPSA) is 109 Å². The van der Waals surface area contributed by atoms with Crippen LogP contribution >= 0.6 is 22.6 Å². The molecule has 0 saturated carbocycles. The van der Waals surface area contributed by atoms with Crippen LogP contribution in [0.15, 0.2) is 30.5 Å². The molecule has 0 saturated heterocycles. The molecule has 0 amide bonds. The Labute approximate surface area is 163 Å². The lowest BCUT2D eigenvalue weighted by molar-refractivity contribution is 0.0466. The van der Waals surface area contributed by atoms with Gasteiger partial charge in [-0.1, -0.05) is 22.9 Å². The molecule has 2 N–H and O–H groups in total. The Morgan fingerprint density at radius 2 is 2.00 bits per heavy atom. The van der Waals surface area contributed by atoms with Gasteiger partial charge in [0.2, 0.25) is 0 Å². The van der Waals surface area contributed by atoms with Crippen molar-refractivity contribution in [1.29, 1.82) is 0 Å². The summed E-state index contributed by atoms with van der Waals surface area (Å²) in [5.41, 5.74) is 8.83. The second-order valence-corrected chi connectivity index (χ2v) is 6.78. The number of hydrogen-bond acceptors (Lipinski definition) is 7. The number of aromatic nitrogens is 5. The molecule has 0 aliphatic rings. The summed E-state index contributed by atoms with van der Waals surface area (Å²) in [6.07, 6.45) is 1.67. The average Bonchev–Trinajstić information content (AvgIpc) is 2.96. The second-order valence-electron chi connectivity index (χ2n) is 5.75. The smallest absolute Gasteiger partial charge is 0.338 e. The zero-order chi connectivity index (χ0) is 18.7. The van der Waals surface area contributed by atoms with Gasteiger partial charge in [-0.25, -0.2) is 19.4 Å². The minimum Gasteiger partial charge on any atom is -0.455 e. The van der Waals surface area contributed by atoms with E-state index in [9.17, 15) is 4.79 Å². The molecule has 9 heteroatoms. The Hall–Kier alpha value is -2.56. The van der Waals surface area contributed by atoms with E-state index in [1.165, 1.54) is 0 Å². The molecule has 0 fully saturated rings. The molecule has 26 heavy (non-hydrogen) atoms. The number of halogens is 1. The molecule has 134 valence electrons. The first kappa shape index (κ1) is 18.2. The molecule has 8 nitrogen and oxygen atoms in total. The van der Waals surface area contributed by atoms with Gasteiger partial charge in [0.1, 0.15) is 27.6 Å². The Kier molecular flexibility index (Phi) is 5.45. The predicted molar refractivity (Wildman–Crippen MR) is 103 cm³/mol. The lowest BCUT2D eigenvalue weighted by atomic mass is 10.1. The lowest BCUT2D eigenvalue weighted by Gasteiger charge is -2.06. The van der Waals surface area contributed by atoms with Gasteiger partial charge in [0.05, 0.1) is 12.1 Å². The van der Waals surface area contributed by atoms with Crippen molar-refractivity contribution >= 4 is 34.4 Å². The van der Waals surface area contributed by atoms with Gasteiger partial charge < -0.3 is 10.5 Å². The third-order valence-corrected chi connectivity index (χ3v) is 4.88. The van der Waals surface area contributed by atoms with Crippen LogP contribution in [0.5, 0.6) is 0 Å². The van der Waals surface area contributed by atoms with Crippen molar-refractivity contribution < 1.29 is 9.53 Å². The molecule has 0 aliphatic heterocycles. The Morgan fingerprint density at radius 3 is 2.69 bits per heavy atom. The van der Waals surface area contributed by atoms with Crippen molar-refractivity contribution in [3.8, 4) is 0 Å². The minimum atomic E-state index is -0.397. The number of aryl methyl sites for hydroxylation is 2. The summed E-state index contributed by atoms with van der Waals surface area (Å²) in [5, 5.41) is 8.18.